The van der Waals surface area contributed by atoms with E-state index in [4.69, 9.17) is 4.99 Å². The van der Waals surface area contributed by atoms with Crippen molar-refractivity contribution in [2.45, 2.75) is 29.6 Å². The molecule has 0 radical (unpaired) electrons. The normalized spacial score (nSPS) is 17.2. The smallest absolute Gasteiger partial charge is 0.0703 e. The largest absolute Gasteiger partial charge is 0.312 e. The Morgan fingerprint density at radius 2 is 1.01 bits per heavy atom. The number of anilines is 5. The summed E-state index contributed by atoms with van der Waals surface area (Å²) in [6, 6.07) is 73.6. The second-order valence-corrected chi connectivity index (χ2v) is 19.6. The number of allylic oxidation sites excluding steroid dienone is 9. The summed E-state index contributed by atoms with van der Waals surface area (Å²) in [6.07, 6.45) is 14.7. The molecular weight excluding hydrogens is 843 g/mol. The van der Waals surface area contributed by atoms with Gasteiger partial charge in [-0.15, -0.1) is 0 Å². The van der Waals surface area contributed by atoms with Gasteiger partial charge in [0.15, 0.2) is 0 Å². The number of benzene rings is 8. The maximum Gasteiger partial charge on any atom is 0.0703 e. The van der Waals surface area contributed by atoms with E-state index in [1.807, 2.05) is 18.2 Å². The summed E-state index contributed by atoms with van der Waals surface area (Å²) >= 11 is 0. The van der Waals surface area contributed by atoms with Crippen LogP contribution in [0.15, 0.2) is 274 Å². The third-order valence-corrected chi connectivity index (χ3v) is 16.1. The molecular formula is C64H49N3S. The molecule has 1 unspecified atom stereocenters. The van der Waals surface area contributed by atoms with Crippen LogP contribution in [0.1, 0.15) is 30.9 Å². The number of hydrogen-bond donors (Lipinski definition) is 1. The molecule has 0 fully saturated rings. The van der Waals surface area contributed by atoms with E-state index in [9.17, 15) is 0 Å². The highest BCUT2D eigenvalue weighted by Gasteiger charge is 2.41. The van der Waals surface area contributed by atoms with Crippen LogP contribution in [0.25, 0.3) is 44.7 Å². The fourth-order valence-corrected chi connectivity index (χ4v) is 13.1. The lowest BCUT2D eigenvalue weighted by Crippen LogP contribution is -2.28. The Morgan fingerprint density at radius 3 is 1.59 bits per heavy atom. The molecule has 1 atom stereocenters. The van der Waals surface area contributed by atoms with Crippen LogP contribution in [0.4, 0.5) is 28.4 Å². The highest BCUT2D eigenvalue weighted by Crippen LogP contribution is 2.71. The molecule has 8 aromatic carbocycles. The van der Waals surface area contributed by atoms with Crippen molar-refractivity contribution in [2.24, 2.45) is 4.99 Å². The summed E-state index contributed by atoms with van der Waals surface area (Å²) in [4.78, 5) is 14.6. The first kappa shape index (κ1) is 41.3. The highest BCUT2D eigenvalue weighted by atomic mass is 32.2. The topological polar surface area (TPSA) is 18.8 Å². The third-order valence-electron chi connectivity index (χ3n) is 13.5. The van der Waals surface area contributed by atoms with Crippen LogP contribution in [0.2, 0.25) is 0 Å². The van der Waals surface area contributed by atoms with Gasteiger partial charge < -0.3 is 9.80 Å². The van der Waals surface area contributed by atoms with Gasteiger partial charge >= 0.3 is 0 Å². The Balaban J connectivity index is 1.15. The van der Waals surface area contributed by atoms with Crippen LogP contribution in [0.3, 0.4) is 0 Å². The molecule has 4 heteroatoms. The minimum absolute atomic E-state index is 0.866. The van der Waals surface area contributed by atoms with E-state index in [1.54, 1.807) is 0 Å². The van der Waals surface area contributed by atoms with Crippen molar-refractivity contribution < 1.29 is 0 Å². The first-order valence-corrected chi connectivity index (χ1v) is 24.8. The molecule has 0 amide bonds. The van der Waals surface area contributed by atoms with E-state index in [-0.39, 0.29) is 0 Å². The van der Waals surface area contributed by atoms with Crippen LogP contribution < -0.4 is 9.80 Å². The van der Waals surface area contributed by atoms with Crippen LogP contribution in [0, 0.1) is 0 Å². The Hall–Kier alpha value is -8.18. The number of hydrogen-bond acceptors (Lipinski definition) is 3. The number of nitrogens with zero attached hydrogens (tertiary/aromatic N) is 3. The van der Waals surface area contributed by atoms with Crippen LogP contribution in [-0.4, -0.2) is 5.71 Å². The third kappa shape index (κ3) is 7.40. The zero-order valence-electron chi connectivity index (χ0n) is 37.9. The lowest BCUT2D eigenvalue weighted by atomic mass is 9.94. The van der Waals surface area contributed by atoms with Crippen LogP contribution in [0.5, 0.6) is 0 Å². The predicted octanol–water partition coefficient (Wildman–Crippen LogP) is 17.6. The molecule has 0 aromatic heterocycles. The van der Waals surface area contributed by atoms with E-state index in [1.165, 1.54) is 82.0 Å². The number of thiol groups is 1. The Morgan fingerprint density at radius 1 is 0.515 bits per heavy atom. The second kappa shape index (κ2) is 17.6. The summed E-state index contributed by atoms with van der Waals surface area (Å²) in [5, 5.41) is 0. The van der Waals surface area contributed by atoms with E-state index in [0.717, 1.165) is 46.8 Å². The molecule has 8 aromatic rings. The van der Waals surface area contributed by atoms with Gasteiger partial charge in [-0.1, -0.05) is 183 Å². The molecule has 0 bridgehead atoms. The maximum atomic E-state index is 5.35. The van der Waals surface area contributed by atoms with E-state index in [2.05, 4.69) is 242 Å². The predicted molar refractivity (Wildman–Crippen MR) is 291 cm³/mol. The van der Waals surface area contributed by atoms with Gasteiger partial charge in [-0.2, -0.15) is 10.9 Å². The number of aliphatic imine (C=N–C) groups is 1. The van der Waals surface area contributed by atoms with Crippen molar-refractivity contribution in [1.82, 2.24) is 0 Å². The van der Waals surface area contributed by atoms with Crippen LogP contribution >= 0.6 is 10.9 Å². The van der Waals surface area contributed by atoms with Crippen molar-refractivity contribution in [3.63, 3.8) is 0 Å². The minimum atomic E-state index is -1.06. The van der Waals surface area contributed by atoms with Gasteiger partial charge in [-0.05, 0) is 131 Å². The lowest BCUT2D eigenvalue weighted by Gasteiger charge is -2.48. The monoisotopic (exact) mass is 891 g/mol. The summed E-state index contributed by atoms with van der Waals surface area (Å²) < 4.78 is 0. The molecule has 2 aliphatic heterocycles. The first-order chi connectivity index (χ1) is 33.6. The summed E-state index contributed by atoms with van der Waals surface area (Å²) in [7, 11) is -1.06. The molecule has 326 valence electrons. The molecule has 0 N–H and O–H groups in total. The highest BCUT2D eigenvalue weighted by molar-refractivity contribution is 8.21. The Labute approximate surface area is 402 Å². The number of rotatable bonds is 8. The summed E-state index contributed by atoms with van der Waals surface area (Å²) in [5.74, 6) is 0. The summed E-state index contributed by atoms with van der Waals surface area (Å²) in [5.41, 5.74) is 20.8. The molecule has 2 aliphatic carbocycles. The van der Waals surface area contributed by atoms with E-state index < -0.39 is 10.9 Å². The van der Waals surface area contributed by atoms with Crippen molar-refractivity contribution >= 4 is 56.3 Å². The molecule has 0 saturated carbocycles. The number of fused-ring (bicyclic) bond motifs is 3. The van der Waals surface area contributed by atoms with E-state index in [0.29, 0.717) is 0 Å². The van der Waals surface area contributed by atoms with Crippen molar-refractivity contribution in [3.8, 4) is 33.4 Å². The molecule has 68 heavy (non-hydrogen) atoms. The van der Waals surface area contributed by atoms with Gasteiger partial charge in [-0.25, -0.2) is 4.99 Å². The fraction of sp³-hybridized carbons (Fsp3) is 0.0469. The first-order valence-electron chi connectivity index (χ1n) is 23.5. The molecule has 3 nitrogen and oxygen atoms in total. The maximum absolute atomic E-state index is 5.35. The van der Waals surface area contributed by atoms with Crippen molar-refractivity contribution in [2.75, 3.05) is 9.80 Å². The average molecular weight is 892 g/mol. The lowest BCUT2D eigenvalue weighted by molar-refractivity contribution is 0.910. The van der Waals surface area contributed by atoms with Gasteiger partial charge in [0.2, 0.25) is 0 Å². The van der Waals surface area contributed by atoms with Gasteiger partial charge in [0.05, 0.1) is 28.5 Å². The Bertz CT molecular complexity index is 3430. The standard InChI is InChI=1S/C64H49N3S/c1-3-56(65-57-27-17-16-18-44(57)2)53-40-60-64-61(41-53)67(55-36-30-50(31-37-55)46-21-10-5-11-22-46)59-39-33-52(48-25-14-7-15-26-48)43-63(59)68(64)62-42-51(47-23-12-6-13-24-47)32-38-58(62)66(60)54-34-28-49(29-35-54)45-19-8-4-9-20-45/h3-32,34-38,40-43,68H,2,33,39H2,1H3/b56-3-,65-57-. The van der Waals surface area contributed by atoms with Gasteiger partial charge in [0.25, 0.3) is 0 Å². The SMILES string of the molecule is C=C1C=CC=C/C1=N/C(=C\C)c1cc2c3c(c1)N(c1ccc(-c4ccccc4)cc1)c1ccc(-c4ccccc4)cc1[SH]3C1=C(CCC(c3ccccc3)=C1)N2c1ccc(-c2ccccc2)cc1. The van der Waals surface area contributed by atoms with Gasteiger partial charge in [-0.3, -0.25) is 0 Å². The van der Waals surface area contributed by atoms with Gasteiger partial charge in [0, 0.05) is 37.3 Å². The molecule has 0 spiro atoms. The fourth-order valence-electron chi connectivity index (χ4n) is 10.2. The zero-order chi connectivity index (χ0) is 45.6. The average Bonchev–Trinajstić information content (AvgIpc) is 3.41. The van der Waals surface area contributed by atoms with Gasteiger partial charge in [0.1, 0.15) is 0 Å². The summed E-state index contributed by atoms with van der Waals surface area (Å²) in [6.45, 7) is 6.46. The minimum Gasteiger partial charge on any atom is -0.312 e. The quantitative estimate of drug-likeness (QED) is 0.153. The molecule has 2 heterocycles. The van der Waals surface area contributed by atoms with Crippen molar-refractivity contribution in [3.05, 3.63) is 271 Å². The molecule has 4 aliphatic rings. The molecule has 12 rings (SSSR count). The zero-order valence-corrected chi connectivity index (χ0v) is 38.8. The Kier molecular flexibility index (Phi) is 10.7. The van der Waals surface area contributed by atoms with Crippen LogP contribution in [-0.2, 0) is 0 Å². The molecule has 0 saturated heterocycles. The van der Waals surface area contributed by atoms with E-state index >= 15 is 0 Å². The van der Waals surface area contributed by atoms with Crippen molar-refractivity contribution in [1.29, 1.82) is 0 Å². The second-order valence-electron chi connectivity index (χ2n) is 17.5.